The van der Waals surface area contributed by atoms with E-state index in [-0.39, 0.29) is 0 Å². The van der Waals surface area contributed by atoms with E-state index < -0.39 is 21.6 Å². The molecule has 0 radical (unpaired) electrons. The van der Waals surface area contributed by atoms with Gasteiger partial charge >= 0.3 is 0 Å². The van der Waals surface area contributed by atoms with Crippen LogP contribution in [0.5, 0.6) is 0 Å². The minimum absolute atomic E-state index is 0.423. The molecule has 2 nitrogen and oxygen atoms in total. The highest BCUT2D eigenvalue weighted by Gasteiger charge is 2.05. The van der Waals surface area contributed by atoms with Crippen LogP contribution in [0.4, 0.5) is 0 Å². The van der Waals surface area contributed by atoms with Gasteiger partial charge in [0.15, 0.2) is 0 Å². The Balaban J connectivity index is 0.000000249. The molecule has 1 aliphatic heterocycles. The molecular formula is C10H22O2S2. The van der Waals surface area contributed by atoms with Crippen LogP contribution in [-0.2, 0) is 21.6 Å². The van der Waals surface area contributed by atoms with Crippen LogP contribution in [0, 0.1) is 0 Å². The Labute approximate surface area is 92.8 Å². The van der Waals surface area contributed by atoms with Crippen molar-refractivity contribution in [3.05, 3.63) is 0 Å². The van der Waals surface area contributed by atoms with Gasteiger partial charge in [-0.05, 0) is 25.7 Å². The van der Waals surface area contributed by atoms with E-state index in [1.165, 1.54) is 12.8 Å². The fourth-order valence-electron chi connectivity index (χ4n) is 1.19. The third kappa shape index (κ3) is 8.88. The minimum atomic E-state index is -0.520. The van der Waals surface area contributed by atoms with Gasteiger partial charge in [0.1, 0.15) is 0 Å². The molecule has 4 heteroatoms. The molecule has 0 aliphatic carbocycles. The summed E-state index contributed by atoms with van der Waals surface area (Å²) < 4.78 is 21.1. The maximum Gasteiger partial charge on any atom is 0.0235 e. The van der Waals surface area contributed by atoms with Crippen molar-refractivity contribution in [3.63, 3.8) is 0 Å². The standard InChI is InChI=1S/C6H14OS.C4H8OS/c1-3-5-8(7)6-4-2;5-6-3-1-2-4-6/h3-6H2,1-2H3;1-4H2. The Kier molecular flexibility index (Phi) is 10.1. The Morgan fingerprint density at radius 1 is 1.07 bits per heavy atom. The first-order valence-electron chi connectivity index (χ1n) is 5.40. The average Bonchev–Trinajstić information content (AvgIpc) is 2.58. The van der Waals surface area contributed by atoms with Crippen molar-refractivity contribution in [2.75, 3.05) is 23.0 Å². The molecule has 1 aliphatic rings. The molecule has 1 rings (SSSR count). The van der Waals surface area contributed by atoms with E-state index in [0.717, 1.165) is 35.9 Å². The summed E-state index contributed by atoms with van der Waals surface area (Å²) in [6, 6.07) is 0. The van der Waals surface area contributed by atoms with Crippen molar-refractivity contribution >= 4 is 21.6 Å². The van der Waals surface area contributed by atoms with Crippen molar-refractivity contribution in [1.82, 2.24) is 0 Å². The molecule has 0 aromatic carbocycles. The lowest BCUT2D eigenvalue weighted by molar-refractivity contribution is 0.680. The molecule has 0 atom stereocenters. The predicted octanol–water partition coefficient (Wildman–Crippen LogP) is 2.08. The Bertz CT molecular complexity index is 165. The minimum Gasteiger partial charge on any atom is -0.260 e. The van der Waals surface area contributed by atoms with Gasteiger partial charge in [0.05, 0.1) is 0 Å². The second-order valence-corrected chi connectivity index (χ2v) is 6.80. The quantitative estimate of drug-likeness (QED) is 0.751. The largest absolute Gasteiger partial charge is 0.260 e. The summed E-state index contributed by atoms with van der Waals surface area (Å²) in [6.07, 6.45) is 4.47. The fourth-order valence-corrected chi connectivity index (χ4v) is 3.56. The van der Waals surface area contributed by atoms with Gasteiger partial charge < -0.3 is 0 Å². The van der Waals surface area contributed by atoms with Crippen molar-refractivity contribution in [2.45, 2.75) is 39.5 Å². The Morgan fingerprint density at radius 2 is 1.50 bits per heavy atom. The van der Waals surface area contributed by atoms with Crippen LogP contribution in [0.15, 0.2) is 0 Å². The summed E-state index contributed by atoms with van der Waals surface area (Å²) >= 11 is 0. The van der Waals surface area contributed by atoms with Gasteiger partial charge in [0.25, 0.3) is 0 Å². The predicted molar refractivity (Wildman–Crippen MR) is 65.6 cm³/mol. The highest BCUT2D eigenvalue weighted by Crippen LogP contribution is 2.03. The average molecular weight is 238 g/mol. The molecule has 0 aromatic heterocycles. The van der Waals surface area contributed by atoms with Gasteiger partial charge in [0.2, 0.25) is 0 Å². The number of hydrogen-bond donors (Lipinski definition) is 0. The van der Waals surface area contributed by atoms with Crippen LogP contribution in [0.3, 0.4) is 0 Å². The molecule has 86 valence electrons. The first-order chi connectivity index (χ1) is 6.70. The van der Waals surface area contributed by atoms with Crippen molar-refractivity contribution in [2.24, 2.45) is 0 Å². The van der Waals surface area contributed by atoms with E-state index in [1.54, 1.807) is 0 Å². The molecule has 0 spiro atoms. The fraction of sp³-hybridized carbons (Fsp3) is 1.00. The topological polar surface area (TPSA) is 34.1 Å². The lowest BCUT2D eigenvalue weighted by Gasteiger charge is -1.93. The molecule has 0 saturated carbocycles. The summed E-state index contributed by atoms with van der Waals surface area (Å²) in [4.78, 5) is 0. The van der Waals surface area contributed by atoms with E-state index >= 15 is 0 Å². The summed E-state index contributed by atoms with van der Waals surface area (Å²) in [7, 11) is -0.943. The zero-order valence-electron chi connectivity index (χ0n) is 9.29. The van der Waals surface area contributed by atoms with Gasteiger partial charge in [-0.3, -0.25) is 8.42 Å². The van der Waals surface area contributed by atoms with E-state index in [2.05, 4.69) is 13.8 Å². The van der Waals surface area contributed by atoms with Crippen LogP contribution < -0.4 is 0 Å². The second kappa shape index (κ2) is 9.84. The monoisotopic (exact) mass is 238 g/mol. The van der Waals surface area contributed by atoms with Gasteiger partial charge in [-0.1, -0.05) is 13.8 Å². The van der Waals surface area contributed by atoms with Crippen LogP contribution in [-0.4, -0.2) is 31.4 Å². The van der Waals surface area contributed by atoms with Crippen LogP contribution in [0.2, 0.25) is 0 Å². The SMILES string of the molecule is CCCS(=O)CCC.O=S1CCCC1. The molecule has 0 N–H and O–H groups in total. The zero-order valence-corrected chi connectivity index (χ0v) is 10.9. The van der Waals surface area contributed by atoms with E-state index in [0.29, 0.717) is 0 Å². The van der Waals surface area contributed by atoms with Crippen LogP contribution in [0.25, 0.3) is 0 Å². The van der Waals surface area contributed by atoms with Gasteiger partial charge in [-0.25, -0.2) is 0 Å². The molecular weight excluding hydrogens is 216 g/mol. The summed E-state index contributed by atoms with van der Waals surface area (Å²) in [6.45, 7) is 4.13. The second-order valence-electron chi connectivity index (χ2n) is 3.40. The third-order valence-corrected chi connectivity index (χ3v) is 5.07. The smallest absolute Gasteiger partial charge is 0.0235 e. The maximum absolute atomic E-state index is 10.8. The highest BCUT2D eigenvalue weighted by molar-refractivity contribution is 7.85. The van der Waals surface area contributed by atoms with Crippen LogP contribution in [0.1, 0.15) is 39.5 Å². The Hall–Kier alpha value is 0.300. The lowest BCUT2D eigenvalue weighted by Crippen LogP contribution is -1.99. The summed E-state index contributed by atoms with van der Waals surface area (Å²) in [5.41, 5.74) is 0. The molecule has 1 fully saturated rings. The third-order valence-electron chi connectivity index (χ3n) is 1.86. The summed E-state index contributed by atoms with van der Waals surface area (Å²) in [5, 5.41) is 0. The normalized spacial score (nSPS) is 16.8. The van der Waals surface area contributed by atoms with Gasteiger partial charge in [-0.2, -0.15) is 0 Å². The van der Waals surface area contributed by atoms with Crippen LogP contribution >= 0.6 is 0 Å². The van der Waals surface area contributed by atoms with Crippen molar-refractivity contribution in [3.8, 4) is 0 Å². The molecule has 0 unspecified atom stereocenters. The molecule has 0 amide bonds. The lowest BCUT2D eigenvalue weighted by atomic mass is 10.4. The van der Waals surface area contributed by atoms with Gasteiger partial charge in [-0.15, -0.1) is 0 Å². The molecule has 0 bridgehead atoms. The number of hydrogen-bond acceptors (Lipinski definition) is 2. The first-order valence-corrected chi connectivity index (χ1v) is 8.38. The molecule has 1 heterocycles. The van der Waals surface area contributed by atoms with Crippen molar-refractivity contribution in [1.29, 1.82) is 0 Å². The molecule has 1 saturated heterocycles. The zero-order chi connectivity index (χ0) is 10.8. The highest BCUT2D eigenvalue weighted by atomic mass is 32.2. The van der Waals surface area contributed by atoms with E-state index in [1.807, 2.05) is 0 Å². The molecule has 0 aromatic rings. The van der Waals surface area contributed by atoms with E-state index in [9.17, 15) is 8.42 Å². The van der Waals surface area contributed by atoms with Crippen molar-refractivity contribution < 1.29 is 8.42 Å². The molecule has 14 heavy (non-hydrogen) atoms. The summed E-state index contributed by atoms with van der Waals surface area (Å²) in [5.74, 6) is 3.68. The number of rotatable bonds is 4. The van der Waals surface area contributed by atoms with Gasteiger partial charge in [0, 0.05) is 44.6 Å². The maximum atomic E-state index is 10.8. The first kappa shape index (κ1) is 14.3. The van der Waals surface area contributed by atoms with E-state index in [4.69, 9.17) is 0 Å². The Morgan fingerprint density at radius 3 is 1.71 bits per heavy atom.